The second kappa shape index (κ2) is 7.74. The van der Waals surface area contributed by atoms with E-state index in [1.54, 1.807) is 18.2 Å². The lowest BCUT2D eigenvalue weighted by Crippen LogP contribution is -2.34. The number of hydrogen-bond donors (Lipinski definition) is 1. The summed E-state index contributed by atoms with van der Waals surface area (Å²) in [7, 11) is 2.92. The molecule has 1 atom stereocenters. The van der Waals surface area contributed by atoms with Crippen molar-refractivity contribution in [3.05, 3.63) is 23.8 Å². The molecule has 1 amide bonds. The Balaban J connectivity index is 1.91. The van der Waals surface area contributed by atoms with Gasteiger partial charge < -0.3 is 14.8 Å². The number of rotatable bonds is 6. The Morgan fingerprint density at radius 3 is 2.71 bits per heavy atom. The number of carbonyl (C=O) groups is 1. The summed E-state index contributed by atoms with van der Waals surface area (Å²) < 4.78 is 47.5. The zero-order valence-corrected chi connectivity index (χ0v) is 13.7. The fourth-order valence-corrected chi connectivity index (χ4v) is 2.87. The van der Waals surface area contributed by atoms with Crippen molar-refractivity contribution in [3.8, 4) is 11.5 Å². The van der Waals surface area contributed by atoms with E-state index >= 15 is 0 Å². The van der Waals surface area contributed by atoms with E-state index in [9.17, 15) is 18.0 Å². The number of carbonyl (C=O) groups excluding carboxylic acids is 1. The maximum absolute atomic E-state index is 12.4. The molecule has 0 unspecified atom stereocenters. The number of benzene rings is 1. The topological polar surface area (TPSA) is 50.8 Å². The van der Waals surface area contributed by atoms with Gasteiger partial charge in [-0.1, -0.05) is 6.07 Å². The van der Waals surface area contributed by atoms with E-state index in [-0.39, 0.29) is 11.8 Å². The van der Waals surface area contributed by atoms with Crippen molar-refractivity contribution in [2.24, 2.45) is 5.92 Å². The molecule has 1 saturated heterocycles. The molecule has 24 heavy (non-hydrogen) atoms. The summed E-state index contributed by atoms with van der Waals surface area (Å²) in [6, 6.07) is 4.97. The third-order valence-electron chi connectivity index (χ3n) is 3.97. The molecule has 2 rings (SSSR count). The Morgan fingerprint density at radius 2 is 2.08 bits per heavy atom. The van der Waals surface area contributed by atoms with Crippen LogP contribution in [-0.4, -0.2) is 57.4 Å². The fraction of sp³-hybridized carbons (Fsp3) is 0.562. The van der Waals surface area contributed by atoms with Crippen LogP contribution < -0.4 is 14.8 Å². The molecular formula is C16H21F3N2O3. The number of nitrogens with zero attached hydrogens (tertiary/aromatic N) is 1. The third-order valence-corrected chi connectivity index (χ3v) is 3.97. The molecule has 0 spiro atoms. The van der Waals surface area contributed by atoms with Crippen LogP contribution in [0.5, 0.6) is 11.5 Å². The zero-order valence-electron chi connectivity index (χ0n) is 13.7. The largest absolute Gasteiger partial charge is 0.493 e. The molecular weight excluding hydrogens is 325 g/mol. The predicted octanol–water partition coefficient (Wildman–Crippen LogP) is 2.32. The van der Waals surface area contributed by atoms with Crippen LogP contribution in [0.15, 0.2) is 18.2 Å². The van der Waals surface area contributed by atoms with Crippen molar-refractivity contribution >= 4 is 5.91 Å². The Kier molecular flexibility index (Phi) is 5.93. The number of halogens is 3. The molecule has 1 fully saturated rings. The molecule has 1 aromatic carbocycles. The molecule has 1 N–H and O–H groups in total. The summed E-state index contributed by atoms with van der Waals surface area (Å²) in [4.78, 5) is 13.7. The molecule has 0 saturated carbocycles. The van der Waals surface area contributed by atoms with Crippen LogP contribution in [0.2, 0.25) is 0 Å². The van der Waals surface area contributed by atoms with Crippen LogP contribution in [0.4, 0.5) is 13.2 Å². The Labute approximate surface area is 138 Å². The first kappa shape index (κ1) is 18.4. The Morgan fingerprint density at radius 1 is 1.33 bits per heavy atom. The Hall–Kier alpha value is -1.96. The summed E-state index contributed by atoms with van der Waals surface area (Å²) in [5.41, 5.74) is 0.335. The number of methoxy groups -OCH3 is 2. The van der Waals surface area contributed by atoms with Gasteiger partial charge in [-0.15, -0.1) is 0 Å². The van der Waals surface area contributed by atoms with Crippen molar-refractivity contribution in [1.29, 1.82) is 0 Å². The van der Waals surface area contributed by atoms with Crippen molar-refractivity contribution < 1.29 is 27.4 Å². The minimum atomic E-state index is -4.19. The van der Waals surface area contributed by atoms with Gasteiger partial charge in [0.25, 0.3) is 5.91 Å². The highest BCUT2D eigenvalue weighted by molar-refractivity contribution is 5.97. The van der Waals surface area contributed by atoms with Gasteiger partial charge in [0, 0.05) is 13.1 Å². The fourth-order valence-electron chi connectivity index (χ4n) is 2.87. The number of ether oxygens (including phenoxy) is 2. The van der Waals surface area contributed by atoms with Crippen LogP contribution in [-0.2, 0) is 0 Å². The standard InChI is InChI=1S/C16H21F3N2O3/c1-23-13-5-3-4-12(14(13)24-2)15(22)20-8-11-6-7-21(9-11)10-16(17,18)19/h3-5,11H,6-10H2,1-2H3,(H,20,22)/t11-/m1/s1. The van der Waals surface area contributed by atoms with Crippen LogP contribution in [0, 0.1) is 5.92 Å². The van der Waals surface area contributed by atoms with Gasteiger partial charge in [0.15, 0.2) is 11.5 Å². The molecule has 134 valence electrons. The third kappa shape index (κ3) is 4.77. The van der Waals surface area contributed by atoms with E-state index in [1.165, 1.54) is 19.1 Å². The molecule has 0 aromatic heterocycles. The summed E-state index contributed by atoms with van der Waals surface area (Å²) in [5, 5.41) is 2.77. The molecule has 0 aliphatic carbocycles. The minimum absolute atomic E-state index is 0.00732. The summed E-state index contributed by atoms with van der Waals surface area (Å²) in [6.07, 6.45) is -3.56. The van der Waals surface area contributed by atoms with E-state index < -0.39 is 12.7 Å². The summed E-state index contributed by atoms with van der Waals surface area (Å²) in [6.45, 7) is 0.145. The molecule has 0 radical (unpaired) electrons. The van der Waals surface area contributed by atoms with E-state index in [0.717, 1.165) is 0 Å². The van der Waals surface area contributed by atoms with Gasteiger partial charge in [0.2, 0.25) is 0 Å². The van der Waals surface area contributed by atoms with Gasteiger partial charge in [-0.2, -0.15) is 13.2 Å². The number of likely N-dealkylation sites (tertiary alicyclic amines) is 1. The summed E-state index contributed by atoms with van der Waals surface area (Å²) >= 11 is 0. The second-order valence-corrected chi connectivity index (χ2v) is 5.76. The number of alkyl halides is 3. The number of nitrogens with one attached hydrogen (secondary N) is 1. The Bertz CT molecular complexity index is 578. The van der Waals surface area contributed by atoms with E-state index in [1.807, 2.05) is 0 Å². The lowest BCUT2D eigenvalue weighted by molar-refractivity contribution is -0.143. The molecule has 1 aliphatic heterocycles. The van der Waals surface area contributed by atoms with Gasteiger partial charge in [-0.3, -0.25) is 9.69 Å². The van der Waals surface area contributed by atoms with E-state index in [2.05, 4.69) is 5.32 Å². The highest BCUT2D eigenvalue weighted by Gasteiger charge is 2.34. The maximum atomic E-state index is 12.4. The highest BCUT2D eigenvalue weighted by Crippen LogP contribution is 2.30. The number of para-hydroxylation sites is 1. The molecule has 0 bridgehead atoms. The van der Waals surface area contributed by atoms with Crippen molar-refractivity contribution in [1.82, 2.24) is 10.2 Å². The van der Waals surface area contributed by atoms with Gasteiger partial charge in [-0.05, 0) is 31.0 Å². The van der Waals surface area contributed by atoms with E-state index in [0.29, 0.717) is 43.1 Å². The van der Waals surface area contributed by atoms with Gasteiger partial charge in [0.1, 0.15) is 0 Å². The molecule has 5 nitrogen and oxygen atoms in total. The van der Waals surface area contributed by atoms with Crippen LogP contribution in [0.3, 0.4) is 0 Å². The maximum Gasteiger partial charge on any atom is 0.401 e. The van der Waals surface area contributed by atoms with Crippen LogP contribution in [0.25, 0.3) is 0 Å². The molecule has 8 heteroatoms. The average molecular weight is 346 g/mol. The smallest absolute Gasteiger partial charge is 0.401 e. The first-order chi connectivity index (χ1) is 11.3. The van der Waals surface area contributed by atoms with Crippen LogP contribution in [0.1, 0.15) is 16.8 Å². The first-order valence-electron chi connectivity index (χ1n) is 7.62. The molecule has 1 heterocycles. The van der Waals surface area contributed by atoms with E-state index in [4.69, 9.17) is 9.47 Å². The SMILES string of the molecule is COc1cccc(C(=O)NC[C@H]2CCN(CC(F)(F)F)C2)c1OC. The average Bonchev–Trinajstić information content (AvgIpc) is 2.97. The van der Waals surface area contributed by atoms with Crippen LogP contribution >= 0.6 is 0 Å². The second-order valence-electron chi connectivity index (χ2n) is 5.76. The quantitative estimate of drug-likeness (QED) is 0.859. The van der Waals surface area contributed by atoms with Gasteiger partial charge in [-0.25, -0.2) is 0 Å². The van der Waals surface area contributed by atoms with Crippen molar-refractivity contribution in [2.45, 2.75) is 12.6 Å². The lowest BCUT2D eigenvalue weighted by Gasteiger charge is -2.18. The molecule has 1 aliphatic rings. The monoisotopic (exact) mass is 346 g/mol. The van der Waals surface area contributed by atoms with Crippen molar-refractivity contribution in [2.75, 3.05) is 40.4 Å². The molecule has 1 aromatic rings. The van der Waals surface area contributed by atoms with Gasteiger partial charge in [0.05, 0.1) is 26.3 Å². The minimum Gasteiger partial charge on any atom is -0.493 e. The predicted molar refractivity (Wildman–Crippen MR) is 82.5 cm³/mol. The summed E-state index contributed by atoms with van der Waals surface area (Å²) in [5.74, 6) is 0.456. The normalized spacial score (nSPS) is 18.5. The highest BCUT2D eigenvalue weighted by atomic mass is 19.4. The van der Waals surface area contributed by atoms with Gasteiger partial charge >= 0.3 is 6.18 Å². The first-order valence-corrected chi connectivity index (χ1v) is 7.62. The lowest BCUT2D eigenvalue weighted by atomic mass is 10.1. The zero-order chi connectivity index (χ0) is 17.7. The number of hydrogen-bond acceptors (Lipinski definition) is 4. The van der Waals surface area contributed by atoms with Crippen molar-refractivity contribution in [3.63, 3.8) is 0 Å². The number of amides is 1.